The van der Waals surface area contributed by atoms with E-state index in [0.717, 1.165) is 0 Å². The van der Waals surface area contributed by atoms with E-state index in [1.165, 1.54) is 18.3 Å². The van der Waals surface area contributed by atoms with E-state index in [2.05, 4.69) is 4.98 Å². The van der Waals surface area contributed by atoms with Crippen LogP contribution in [-0.2, 0) is 0 Å². The van der Waals surface area contributed by atoms with E-state index in [1.54, 1.807) is 0 Å². The lowest BCUT2D eigenvalue weighted by molar-refractivity contribution is 0.0996. The van der Waals surface area contributed by atoms with Gasteiger partial charge >= 0.3 is 0 Å². The average molecular weight is 137 g/mol. The predicted octanol–water partition coefficient (Wildman–Crippen LogP) is 0.223. The number of Topliss-reactive ketones (excluding diaryl/α,β-unsaturated/α-hetero) is 1. The molecule has 1 aromatic rings. The van der Waals surface area contributed by atoms with Crippen LogP contribution in [0, 0.1) is 0 Å². The summed E-state index contributed by atoms with van der Waals surface area (Å²) in [7, 11) is 0. The second-order valence-corrected chi connectivity index (χ2v) is 1.77. The molecular weight excluding hydrogens is 128 g/mol. The van der Waals surface area contributed by atoms with Gasteiger partial charge in [0.15, 0.2) is 5.78 Å². The predicted molar refractivity (Wildman–Crippen MR) is 37.6 cm³/mol. The number of hydrogen-bond acceptors (Lipinski definition) is 3. The molecule has 0 aliphatic heterocycles. The maximum Gasteiger partial charge on any atom is 0.194 e. The van der Waals surface area contributed by atoms with E-state index in [4.69, 9.17) is 7.10 Å². The Hall–Kier alpha value is -1.22. The van der Waals surface area contributed by atoms with E-state index in [-0.39, 0.29) is 12.3 Å². The van der Waals surface area contributed by atoms with Gasteiger partial charge in [-0.2, -0.15) is 0 Å². The number of rotatable bonds is 2. The lowest BCUT2D eigenvalue weighted by Gasteiger charge is -1.92. The van der Waals surface area contributed by atoms with Gasteiger partial charge in [-0.25, -0.2) is 0 Å². The maximum atomic E-state index is 10.9. The van der Waals surface area contributed by atoms with Crippen LogP contribution in [0.1, 0.15) is 11.9 Å². The standard InChI is InChI=1S/C7H8N2O/c8-5-7(10)6-3-1-2-4-9-6/h1-4H,5,8H2/i2D. The second kappa shape index (κ2) is 3.08. The molecule has 10 heavy (non-hydrogen) atoms. The van der Waals surface area contributed by atoms with Crippen molar-refractivity contribution in [3.63, 3.8) is 0 Å². The summed E-state index contributed by atoms with van der Waals surface area (Å²) in [6, 6.07) is 3.30. The van der Waals surface area contributed by atoms with Crippen LogP contribution >= 0.6 is 0 Å². The van der Waals surface area contributed by atoms with Gasteiger partial charge < -0.3 is 5.73 Å². The van der Waals surface area contributed by atoms with Crippen LogP contribution in [0.2, 0.25) is 0 Å². The first-order valence-electron chi connectivity index (χ1n) is 3.40. The van der Waals surface area contributed by atoms with E-state index in [9.17, 15) is 4.79 Å². The average Bonchev–Trinajstić information content (AvgIpc) is 2.05. The molecule has 0 radical (unpaired) electrons. The zero-order chi connectivity index (χ0) is 8.27. The first-order valence-corrected chi connectivity index (χ1v) is 2.90. The van der Waals surface area contributed by atoms with Gasteiger partial charge in [0.05, 0.1) is 7.92 Å². The molecule has 0 saturated carbocycles. The molecule has 3 nitrogen and oxygen atoms in total. The first kappa shape index (κ1) is 5.56. The summed E-state index contributed by atoms with van der Waals surface area (Å²) >= 11 is 0. The fraction of sp³-hybridized carbons (Fsp3) is 0.143. The summed E-state index contributed by atoms with van der Waals surface area (Å²) < 4.78 is 7.08. The Balaban J connectivity index is 2.90. The molecule has 1 rings (SSSR count). The van der Waals surface area contributed by atoms with Crippen LogP contribution in [0.4, 0.5) is 0 Å². The van der Waals surface area contributed by atoms with Crippen molar-refractivity contribution < 1.29 is 6.17 Å². The summed E-state index contributed by atoms with van der Waals surface area (Å²) in [5.41, 5.74) is 5.43. The second-order valence-electron chi connectivity index (χ2n) is 1.77. The number of pyridine rings is 1. The van der Waals surface area contributed by atoms with E-state index < -0.39 is 0 Å². The molecule has 0 atom stereocenters. The third kappa shape index (κ3) is 1.39. The van der Waals surface area contributed by atoms with Gasteiger partial charge in [-0.3, -0.25) is 9.78 Å². The van der Waals surface area contributed by atoms with Crippen molar-refractivity contribution in [3.8, 4) is 0 Å². The van der Waals surface area contributed by atoms with Crippen LogP contribution in [0.5, 0.6) is 0 Å². The molecule has 0 fully saturated rings. The van der Waals surface area contributed by atoms with E-state index >= 15 is 0 Å². The number of hydrogen-bond donors (Lipinski definition) is 1. The van der Waals surface area contributed by atoms with Crippen LogP contribution in [0.3, 0.4) is 0 Å². The molecule has 1 heterocycles. The number of carbonyl (C=O) groups is 1. The first-order chi connectivity index (χ1) is 5.24. The van der Waals surface area contributed by atoms with Gasteiger partial charge in [0, 0.05) is 6.20 Å². The fourth-order valence-corrected chi connectivity index (χ4v) is 0.589. The number of carbonyl (C=O) groups excluding carboxylic acids is 1. The van der Waals surface area contributed by atoms with Gasteiger partial charge in [0.25, 0.3) is 0 Å². The zero-order valence-electron chi connectivity index (χ0n) is 6.37. The molecule has 0 bridgehead atoms. The van der Waals surface area contributed by atoms with Crippen molar-refractivity contribution in [2.75, 3.05) is 6.54 Å². The summed E-state index contributed by atoms with van der Waals surface area (Å²) in [5.74, 6) is -0.204. The topological polar surface area (TPSA) is 56.0 Å². The Morgan fingerprint density at radius 3 is 3.20 bits per heavy atom. The highest BCUT2D eigenvalue weighted by molar-refractivity contribution is 5.95. The van der Waals surface area contributed by atoms with Gasteiger partial charge in [0.2, 0.25) is 0 Å². The molecule has 0 spiro atoms. The fourth-order valence-electron chi connectivity index (χ4n) is 0.589. The molecule has 52 valence electrons. The van der Waals surface area contributed by atoms with Gasteiger partial charge in [-0.15, -0.1) is 0 Å². The maximum absolute atomic E-state index is 10.9. The molecule has 0 aliphatic carbocycles. The van der Waals surface area contributed by atoms with Crippen molar-refractivity contribution in [2.45, 2.75) is 0 Å². The molecule has 0 unspecified atom stereocenters. The van der Waals surface area contributed by atoms with Crippen LogP contribution in [-0.4, -0.2) is 17.3 Å². The minimum atomic E-state index is -0.204. The number of nitrogens with two attached hydrogens (primary N) is 1. The summed E-state index contributed by atoms with van der Waals surface area (Å²) in [4.78, 5) is 14.6. The lowest BCUT2D eigenvalue weighted by Crippen LogP contribution is -2.14. The van der Waals surface area contributed by atoms with Crippen molar-refractivity contribution in [1.82, 2.24) is 4.98 Å². The van der Waals surface area contributed by atoms with E-state index in [1.807, 2.05) is 0 Å². The molecule has 2 N–H and O–H groups in total. The summed E-state index contributed by atoms with van der Waals surface area (Å²) in [5, 5.41) is 0. The molecule has 0 saturated heterocycles. The molecule has 0 amide bonds. The Kier molecular flexibility index (Phi) is 1.71. The van der Waals surface area contributed by atoms with Crippen LogP contribution in [0.25, 0.3) is 0 Å². The number of ketones is 1. The Bertz CT molecular complexity index is 258. The molecule has 0 aromatic carbocycles. The highest BCUT2D eigenvalue weighted by Crippen LogP contribution is 1.92. The van der Waals surface area contributed by atoms with Gasteiger partial charge in [-0.05, 0) is 12.1 Å². The molecule has 0 aliphatic rings. The summed E-state index contributed by atoms with van der Waals surface area (Å²) in [6.45, 7) is -0.0374. The highest BCUT2D eigenvalue weighted by Gasteiger charge is 2.00. The van der Waals surface area contributed by atoms with Crippen molar-refractivity contribution >= 4 is 5.78 Å². The minimum absolute atomic E-state index is 0.0374. The lowest BCUT2D eigenvalue weighted by atomic mass is 10.2. The van der Waals surface area contributed by atoms with Crippen molar-refractivity contribution in [2.24, 2.45) is 5.73 Å². The monoisotopic (exact) mass is 137 g/mol. The smallest absolute Gasteiger partial charge is 0.194 e. The normalized spacial score (nSPS) is 10.7. The third-order valence-corrected chi connectivity index (χ3v) is 1.09. The largest absolute Gasteiger partial charge is 0.324 e. The Labute approximate surface area is 60.3 Å². The number of nitrogens with zero attached hydrogens (tertiary/aromatic N) is 1. The van der Waals surface area contributed by atoms with Crippen molar-refractivity contribution in [3.05, 3.63) is 30.1 Å². The van der Waals surface area contributed by atoms with Gasteiger partial charge in [-0.1, -0.05) is 6.07 Å². The number of aromatic nitrogens is 1. The van der Waals surface area contributed by atoms with Crippen LogP contribution < -0.4 is 5.73 Å². The SMILES string of the molecule is [2H]c1ccc(C(=O)CN)nc1. The Morgan fingerprint density at radius 2 is 2.70 bits per heavy atom. The Morgan fingerprint density at radius 1 is 1.90 bits per heavy atom. The summed E-state index contributed by atoms with van der Waals surface area (Å²) in [6.07, 6.45) is 1.32. The highest BCUT2D eigenvalue weighted by atomic mass is 16.1. The zero-order valence-corrected chi connectivity index (χ0v) is 5.37. The van der Waals surface area contributed by atoms with Gasteiger partial charge in [0.1, 0.15) is 5.69 Å². The quantitative estimate of drug-likeness (QED) is 0.593. The van der Waals surface area contributed by atoms with E-state index in [0.29, 0.717) is 11.7 Å². The third-order valence-electron chi connectivity index (χ3n) is 1.09. The minimum Gasteiger partial charge on any atom is -0.324 e. The molecular formula is C7H8N2O. The molecule has 1 aromatic heterocycles. The molecule has 3 heteroatoms. The van der Waals surface area contributed by atoms with Crippen molar-refractivity contribution in [1.29, 1.82) is 0 Å². The van der Waals surface area contributed by atoms with Crippen LogP contribution in [0.15, 0.2) is 24.4 Å².